The summed E-state index contributed by atoms with van der Waals surface area (Å²) in [5.74, 6) is 0.426. The molecule has 1 aliphatic heterocycles. The maximum atomic E-state index is 12.0. The summed E-state index contributed by atoms with van der Waals surface area (Å²) in [4.78, 5) is 18.1. The standard InChI is InChI=1S/C16H18N2O3/c1-10-4-5-11(2)14-13(10)8-12-9-18(6-7-20-3)16(19)21-15(12)17-14/h4-5,8H,6-7,9H2,1-3H3. The molecule has 0 N–H and O–H groups in total. The number of rotatable bonds is 3. The van der Waals surface area contributed by atoms with E-state index in [0.29, 0.717) is 25.6 Å². The third kappa shape index (κ3) is 2.45. The van der Waals surface area contributed by atoms with E-state index in [1.54, 1.807) is 12.0 Å². The zero-order valence-electron chi connectivity index (χ0n) is 12.5. The molecule has 2 heterocycles. The Morgan fingerprint density at radius 2 is 2.10 bits per heavy atom. The maximum absolute atomic E-state index is 12.0. The highest BCUT2D eigenvalue weighted by Gasteiger charge is 2.26. The molecule has 5 nitrogen and oxygen atoms in total. The van der Waals surface area contributed by atoms with Crippen molar-refractivity contribution in [2.45, 2.75) is 20.4 Å². The number of methoxy groups -OCH3 is 1. The Kier molecular flexibility index (Phi) is 3.51. The molecular formula is C16H18N2O3. The van der Waals surface area contributed by atoms with Gasteiger partial charge in [0.05, 0.1) is 18.7 Å². The highest BCUT2D eigenvalue weighted by atomic mass is 16.6. The van der Waals surface area contributed by atoms with Gasteiger partial charge in [-0.15, -0.1) is 0 Å². The van der Waals surface area contributed by atoms with Gasteiger partial charge in [0, 0.05) is 24.6 Å². The molecule has 21 heavy (non-hydrogen) atoms. The zero-order chi connectivity index (χ0) is 15.0. The molecule has 1 aliphatic rings. The second-order valence-electron chi connectivity index (χ2n) is 5.33. The van der Waals surface area contributed by atoms with E-state index in [2.05, 4.69) is 24.0 Å². The normalized spacial score (nSPS) is 14.2. The van der Waals surface area contributed by atoms with Crippen LogP contribution < -0.4 is 4.74 Å². The van der Waals surface area contributed by atoms with Crippen LogP contribution in [-0.4, -0.2) is 36.2 Å². The molecule has 110 valence electrons. The molecule has 2 aromatic rings. The summed E-state index contributed by atoms with van der Waals surface area (Å²) >= 11 is 0. The molecule has 0 aliphatic carbocycles. The van der Waals surface area contributed by atoms with Crippen molar-refractivity contribution in [2.24, 2.45) is 0 Å². The van der Waals surface area contributed by atoms with Crippen molar-refractivity contribution < 1.29 is 14.3 Å². The topological polar surface area (TPSA) is 51.7 Å². The number of carbonyl (C=O) groups excluding carboxylic acids is 1. The molecule has 0 bridgehead atoms. The molecule has 0 atom stereocenters. The summed E-state index contributed by atoms with van der Waals surface area (Å²) in [6, 6.07) is 6.20. The number of aryl methyl sites for hydroxylation is 2. The predicted octanol–water partition coefficient (Wildman–Crippen LogP) is 2.81. The molecular weight excluding hydrogens is 268 g/mol. The number of nitrogens with zero attached hydrogens (tertiary/aromatic N) is 2. The molecule has 1 aromatic carbocycles. The summed E-state index contributed by atoms with van der Waals surface area (Å²) in [6.45, 7) is 5.58. The molecule has 0 unspecified atom stereocenters. The number of benzene rings is 1. The monoisotopic (exact) mass is 286 g/mol. The zero-order valence-corrected chi connectivity index (χ0v) is 12.5. The quantitative estimate of drug-likeness (QED) is 0.870. The van der Waals surface area contributed by atoms with E-state index in [-0.39, 0.29) is 6.09 Å². The highest BCUT2D eigenvalue weighted by Crippen LogP contribution is 2.30. The molecule has 0 saturated carbocycles. The lowest BCUT2D eigenvalue weighted by molar-refractivity contribution is 0.110. The van der Waals surface area contributed by atoms with Gasteiger partial charge in [-0.05, 0) is 31.0 Å². The first kappa shape index (κ1) is 13.8. The van der Waals surface area contributed by atoms with Crippen LogP contribution in [0.5, 0.6) is 5.88 Å². The highest BCUT2D eigenvalue weighted by molar-refractivity contribution is 5.87. The van der Waals surface area contributed by atoms with Gasteiger partial charge >= 0.3 is 6.09 Å². The number of aromatic nitrogens is 1. The van der Waals surface area contributed by atoms with Gasteiger partial charge in [0.15, 0.2) is 0 Å². The lowest BCUT2D eigenvalue weighted by Gasteiger charge is -2.27. The Morgan fingerprint density at radius 3 is 2.86 bits per heavy atom. The molecule has 0 fully saturated rings. The summed E-state index contributed by atoms with van der Waals surface area (Å²) in [6.07, 6.45) is -0.364. The Bertz CT molecular complexity index is 712. The fourth-order valence-corrected chi connectivity index (χ4v) is 2.55. The minimum absolute atomic E-state index is 0.364. The number of ether oxygens (including phenoxy) is 2. The van der Waals surface area contributed by atoms with Gasteiger partial charge in [0.1, 0.15) is 0 Å². The Labute approximate surface area is 123 Å². The summed E-state index contributed by atoms with van der Waals surface area (Å²) in [5.41, 5.74) is 4.08. The number of pyridine rings is 1. The smallest absolute Gasteiger partial charge is 0.391 e. The van der Waals surface area contributed by atoms with E-state index in [0.717, 1.165) is 22.0 Å². The van der Waals surface area contributed by atoms with Crippen LogP contribution in [0.25, 0.3) is 10.9 Å². The molecule has 0 radical (unpaired) electrons. The van der Waals surface area contributed by atoms with E-state index in [4.69, 9.17) is 9.47 Å². The number of carbonyl (C=O) groups is 1. The summed E-state index contributed by atoms with van der Waals surface area (Å²) < 4.78 is 10.4. The Hall–Kier alpha value is -2.14. The van der Waals surface area contributed by atoms with Crippen molar-refractivity contribution in [3.05, 3.63) is 34.9 Å². The number of fused-ring (bicyclic) bond motifs is 2. The van der Waals surface area contributed by atoms with Crippen molar-refractivity contribution in [3.63, 3.8) is 0 Å². The molecule has 1 amide bonds. The third-order valence-corrected chi connectivity index (χ3v) is 3.81. The first-order valence-electron chi connectivity index (χ1n) is 6.95. The van der Waals surface area contributed by atoms with Crippen molar-refractivity contribution in [3.8, 4) is 5.88 Å². The van der Waals surface area contributed by atoms with Gasteiger partial charge in [-0.1, -0.05) is 12.1 Å². The third-order valence-electron chi connectivity index (χ3n) is 3.81. The minimum atomic E-state index is -0.364. The molecule has 0 spiro atoms. The fraction of sp³-hybridized carbons (Fsp3) is 0.375. The Balaban J connectivity index is 2.04. The van der Waals surface area contributed by atoms with Crippen molar-refractivity contribution in [2.75, 3.05) is 20.3 Å². The van der Waals surface area contributed by atoms with Crippen LogP contribution in [0.15, 0.2) is 18.2 Å². The average molecular weight is 286 g/mol. The molecule has 1 aromatic heterocycles. The van der Waals surface area contributed by atoms with Crippen molar-refractivity contribution in [1.82, 2.24) is 9.88 Å². The largest absolute Gasteiger partial charge is 0.416 e. The van der Waals surface area contributed by atoms with E-state index in [9.17, 15) is 4.79 Å². The van der Waals surface area contributed by atoms with Crippen LogP contribution in [0.3, 0.4) is 0 Å². The molecule has 0 saturated heterocycles. The van der Waals surface area contributed by atoms with E-state index < -0.39 is 0 Å². The van der Waals surface area contributed by atoms with Crippen LogP contribution in [0, 0.1) is 13.8 Å². The fourth-order valence-electron chi connectivity index (χ4n) is 2.55. The second-order valence-corrected chi connectivity index (χ2v) is 5.33. The van der Waals surface area contributed by atoms with Crippen molar-refractivity contribution >= 4 is 17.0 Å². The van der Waals surface area contributed by atoms with Crippen LogP contribution >= 0.6 is 0 Å². The number of hydrogen-bond acceptors (Lipinski definition) is 4. The van der Waals surface area contributed by atoms with Crippen LogP contribution in [-0.2, 0) is 11.3 Å². The first-order chi connectivity index (χ1) is 10.1. The van der Waals surface area contributed by atoms with Gasteiger partial charge < -0.3 is 14.4 Å². The number of amides is 1. The maximum Gasteiger partial charge on any atom is 0.416 e. The molecule has 3 rings (SSSR count). The summed E-state index contributed by atoms with van der Waals surface area (Å²) in [5, 5.41) is 1.11. The van der Waals surface area contributed by atoms with Gasteiger partial charge in [-0.25, -0.2) is 9.78 Å². The van der Waals surface area contributed by atoms with Gasteiger partial charge in [0.2, 0.25) is 5.88 Å². The van der Waals surface area contributed by atoms with Crippen LogP contribution in [0.4, 0.5) is 4.79 Å². The predicted molar refractivity (Wildman–Crippen MR) is 79.5 cm³/mol. The summed E-state index contributed by atoms with van der Waals surface area (Å²) in [7, 11) is 1.62. The van der Waals surface area contributed by atoms with E-state index in [1.165, 1.54) is 5.56 Å². The van der Waals surface area contributed by atoms with Crippen LogP contribution in [0.2, 0.25) is 0 Å². The van der Waals surface area contributed by atoms with Crippen LogP contribution in [0.1, 0.15) is 16.7 Å². The lowest BCUT2D eigenvalue weighted by atomic mass is 10.0. The average Bonchev–Trinajstić information content (AvgIpc) is 2.48. The van der Waals surface area contributed by atoms with E-state index in [1.807, 2.05) is 13.0 Å². The van der Waals surface area contributed by atoms with Gasteiger partial charge in [-0.2, -0.15) is 0 Å². The minimum Gasteiger partial charge on any atom is -0.391 e. The number of hydrogen-bond donors (Lipinski definition) is 0. The Morgan fingerprint density at radius 1 is 1.33 bits per heavy atom. The van der Waals surface area contributed by atoms with Gasteiger partial charge in [0.25, 0.3) is 0 Å². The van der Waals surface area contributed by atoms with E-state index >= 15 is 0 Å². The van der Waals surface area contributed by atoms with Gasteiger partial charge in [-0.3, -0.25) is 0 Å². The molecule has 5 heteroatoms. The van der Waals surface area contributed by atoms with Crippen molar-refractivity contribution in [1.29, 1.82) is 0 Å². The lowest BCUT2D eigenvalue weighted by Crippen LogP contribution is -2.39. The SMILES string of the molecule is COCCN1Cc2cc3c(C)ccc(C)c3nc2OC1=O. The second kappa shape index (κ2) is 5.33. The first-order valence-corrected chi connectivity index (χ1v) is 6.95.